The first-order chi connectivity index (χ1) is 5.86. The molecule has 0 radical (unpaired) electrons. The van der Waals surface area contributed by atoms with Gasteiger partial charge in [-0.2, -0.15) is 0 Å². The molecule has 0 bridgehead atoms. The Balaban J connectivity index is 2.43. The van der Waals surface area contributed by atoms with Crippen molar-refractivity contribution in [3.05, 3.63) is 46.4 Å². The minimum atomic E-state index is 1.13. The predicted octanol–water partition coefficient (Wildman–Crippen LogP) is 3.55. The lowest BCUT2D eigenvalue weighted by atomic mass is 10.1. The van der Waals surface area contributed by atoms with Gasteiger partial charge in [0.05, 0.1) is 12.5 Å². The zero-order valence-electron chi connectivity index (χ0n) is 6.33. The van der Waals surface area contributed by atoms with Gasteiger partial charge >= 0.3 is 0 Å². The summed E-state index contributed by atoms with van der Waals surface area (Å²) < 4.78 is 6.25. The summed E-state index contributed by atoms with van der Waals surface area (Å²) in [4.78, 5) is 0. The number of benzene rings is 1. The van der Waals surface area contributed by atoms with Crippen LogP contribution in [0.25, 0.3) is 11.1 Å². The highest BCUT2D eigenvalue weighted by atomic mass is 127. The van der Waals surface area contributed by atoms with E-state index in [0.717, 1.165) is 5.56 Å². The maximum atomic E-state index is 5.00. The zero-order chi connectivity index (χ0) is 8.39. The van der Waals surface area contributed by atoms with Crippen LogP contribution in [0.4, 0.5) is 0 Å². The van der Waals surface area contributed by atoms with Crippen LogP contribution in [0.15, 0.2) is 47.3 Å². The lowest BCUT2D eigenvalue weighted by Gasteiger charge is -1.95. The van der Waals surface area contributed by atoms with Gasteiger partial charge in [0.1, 0.15) is 0 Å². The molecule has 0 amide bonds. The van der Waals surface area contributed by atoms with Crippen molar-refractivity contribution in [3.63, 3.8) is 0 Å². The molecule has 2 aromatic rings. The molecule has 0 fully saturated rings. The Kier molecular flexibility index (Phi) is 2.17. The van der Waals surface area contributed by atoms with Gasteiger partial charge in [0.15, 0.2) is 0 Å². The van der Waals surface area contributed by atoms with Gasteiger partial charge in [-0.3, -0.25) is 0 Å². The topological polar surface area (TPSA) is 13.1 Å². The predicted molar refractivity (Wildman–Crippen MR) is 56.9 cm³/mol. The van der Waals surface area contributed by atoms with Crippen LogP contribution in [0, 0.1) is 3.57 Å². The molecule has 1 aromatic carbocycles. The maximum absolute atomic E-state index is 5.00. The third-order valence-corrected chi connectivity index (χ3v) is 2.42. The Morgan fingerprint density at radius 1 is 0.917 bits per heavy atom. The van der Waals surface area contributed by atoms with Gasteiger partial charge in [0, 0.05) is 9.13 Å². The number of hydrogen-bond donors (Lipinski definition) is 0. The Labute approximate surface area is 84.5 Å². The molecule has 0 aliphatic heterocycles. The summed E-state index contributed by atoms with van der Waals surface area (Å²) in [5.74, 6) is 0. The fraction of sp³-hybridized carbons (Fsp3) is 0. The summed E-state index contributed by atoms with van der Waals surface area (Å²) in [5.41, 5.74) is 2.33. The van der Waals surface area contributed by atoms with Crippen molar-refractivity contribution in [1.82, 2.24) is 0 Å². The van der Waals surface area contributed by atoms with E-state index in [9.17, 15) is 0 Å². The quantitative estimate of drug-likeness (QED) is 0.722. The average molecular weight is 270 g/mol. The molecule has 1 nitrogen and oxygen atoms in total. The van der Waals surface area contributed by atoms with Crippen LogP contribution in [0.5, 0.6) is 0 Å². The van der Waals surface area contributed by atoms with Gasteiger partial charge in [-0.25, -0.2) is 0 Å². The van der Waals surface area contributed by atoms with E-state index in [1.807, 2.05) is 6.07 Å². The second-order valence-electron chi connectivity index (χ2n) is 2.52. The van der Waals surface area contributed by atoms with Gasteiger partial charge in [0.2, 0.25) is 0 Å². The van der Waals surface area contributed by atoms with Crippen LogP contribution >= 0.6 is 22.6 Å². The number of halogens is 1. The third-order valence-electron chi connectivity index (χ3n) is 1.70. The molecule has 12 heavy (non-hydrogen) atoms. The van der Waals surface area contributed by atoms with Crippen LogP contribution < -0.4 is 0 Å². The number of rotatable bonds is 1. The molecule has 0 saturated carbocycles. The second-order valence-corrected chi connectivity index (χ2v) is 3.76. The SMILES string of the molecule is Ic1ccc(-c2ccoc2)cc1. The fourth-order valence-corrected chi connectivity index (χ4v) is 1.43. The average Bonchev–Trinajstić information content (AvgIpc) is 2.58. The first-order valence-electron chi connectivity index (χ1n) is 3.64. The van der Waals surface area contributed by atoms with Gasteiger partial charge in [-0.05, 0) is 46.4 Å². The summed E-state index contributed by atoms with van der Waals surface area (Å²) in [6.07, 6.45) is 3.44. The van der Waals surface area contributed by atoms with Crippen molar-refractivity contribution < 1.29 is 4.42 Å². The molecule has 0 N–H and O–H groups in total. The van der Waals surface area contributed by atoms with E-state index in [1.165, 1.54) is 9.13 Å². The molecule has 0 atom stereocenters. The van der Waals surface area contributed by atoms with E-state index >= 15 is 0 Å². The number of hydrogen-bond acceptors (Lipinski definition) is 1. The summed E-state index contributed by atoms with van der Waals surface area (Å²) in [5, 5.41) is 0. The largest absolute Gasteiger partial charge is 0.472 e. The van der Waals surface area contributed by atoms with Crippen molar-refractivity contribution in [2.75, 3.05) is 0 Å². The van der Waals surface area contributed by atoms with Crippen LogP contribution in [0.1, 0.15) is 0 Å². The smallest absolute Gasteiger partial charge is 0.0980 e. The van der Waals surface area contributed by atoms with E-state index in [2.05, 4.69) is 46.9 Å². The Morgan fingerprint density at radius 2 is 1.67 bits per heavy atom. The van der Waals surface area contributed by atoms with E-state index in [4.69, 9.17) is 4.42 Å². The normalized spacial score (nSPS) is 10.1. The lowest BCUT2D eigenvalue weighted by Crippen LogP contribution is -1.73. The lowest BCUT2D eigenvalue weighted by molar-refractivity contribution is 0.568. The molecule has 0 aliphatic carbocycles. The Morgan fingerprint density at radius 3 is 2.25 bits per heavy atom. The van der Waals surface area contributed by atoms with Crippen LogP contribution in [-0.4, -0.2) is 0 Å². The molecule has 1 aromatic heterocycles. The van der Waals surface area contributed by atoms with E-state index in [-0.39, 0.29) is 0 Å². The highest BCUT2D eigenvalue weighted by molar-refractivity contribution is 14.1. The van der Waals surface area contributed by atoms with Crippen molar-refractivity contribution in [2.45, 2.75) is 0 Å². The van der Waals surface area contributed by atoms with E-state index < -0.39 is 0 Å². The molecule has 0 aliphatic rings. The van der Waals surface area contributed by atoms with Crippen molar-refractivity contribution in [2.24, 2.45) is 0 Å². The van der Waals surface area contributed by atoms with Gasteiger partial charge in [-0.15, -0.1) is 0 Å². The second kappa shape index (κ2) is 3.31. The summed E-state index contributed by atoms with van der Waals surface area (Å²) in [6, 6.07) is 10.3. The maximum Gasteiger partial charge on any atom is 0.0980 e. The first-order valence-corrected chi connectivity index (χ1v) is 4.72. The molecule has 0 spiro atoms. The van der Waals surface area contributed by atoms with E-state index in [1.54, 1.807) is 12.5 Å². The minimum absolute atomic E-state index is 1.13. The Hall–Kier alpha value is -0.770. The summed E-state index contributed by atoms with van der Waals surface area (Å²) in [7, 11) is 0. The fourth-order valence-electron chi connectivity index (χ4n) is 1.07. The highest BCUT2D eigenvalue weighted by Gasteiger charge is 1.96. The Bertz CT molecular complexity index is 348. The monoisotopic (exact) mass is 270 g/mol. The van der Waals surface area contributed by atoms with Gasteiger partial charge in [-0.1, -0.05) is 12.1 Å². The van der Waals surface area contributed by atoms with Crippen molar-refractivity contribution in [3.8, 4) is 11.1 Å². The van der Waals surface area contributed by atoms with Crippen molar-refractivity contribution in [1.29, 1.82) is 0 Å². The molecule has 1 heterocycles. The standard InChI is InChI=1S/C10H7IO/c11-10-3-1-8(2-4-10)9-5-6-12-7-9/h1-7H. The molecule has 60 valence electrons. The van der Waals surface area contributed by atoms with Crippen molar-refractivity contribution >= 4 is 22.6 Å². The first kappa shape index (κ1) is 7.86. The van der Waals surface area contributed by atoms with Crippen LogP contribution in [0.2, 0.25) is 0 Å². The summed E-state index contributed by atoms with van der Waals surface area (Å²) >= 11 is 2.29. The molecular weight excluding hydrogens is 263 g/mol. The van der Waals surface area contributed by atoms with Crippen LogP contribution in [0.3, 0.4) is 0 Å². The highest BCUT2D eigenvalue weighted by Crippen LogP contribution is 2.20. The third kappa shape index (κ3) is 1.53. The molecule has 2 heteroatoms. The summed E-state index contributed by atoms with van der Waals surface area (Å²) in [6.45, 7) is 0. The van der Waals surface area contributed by atoms with Gasteiger partial charge in [0.25, 0.3) is 0 Å². The molecular formula is C10H7IO. The minimum Gasteiger partial charge on any atom is -0.472 e. The molecule has 2 rings (SSSR count). The number of furan rings is 1. The van der Waals surface area contributed by atoms with E-state index in [0.29, 0.717) is 0 Å². The molecule has 0 unspecified atom stereocenters. The zero-order valence-corrected chi connectivity index (χ0v) is 8.49. The van der Waals surface area contributed by atoms with Gasteiger partial charge < -0.3 is 4.42 Å². The molecule has 0 saturated heterocycles. The van der Waals surface area contributed by atoms with Crippen LogP contribution in [-0.2, 0) is 0 Å².